The predicted molar refractivity (Wildman–Crippen MR) is 90.0 cm³/mol. The second kappa shape index (κ2) is 8.40. The fourth-order valence-corrected chi connectivity index (χ4v) is 3.07. The van der Waals surface area contributed by atoms with Crippen LogP contribution in [0.3, 0.4) is 0 Å². The lowest BCUT2D eigenvalue weighted by Gasteiger charge is -2.21. The summed E-state index contributed by atoms with van der Waals surface area (Å²) in [5.74, 6) is 0. The third-order valence-electron chi connectivity index (χ3n) is 4.28. The smallest absolute Gasteiger partial charge is 0.0576 e. The topological polar surface area (TPSA) is 24.5 Å². The van der Waals surface area contributed by atoms with Gasteiger partial charge in [0.2, 0.25) is 0 Å². The highest BCUT2D eigenvalue weighted by atomic mass is 16.5. The van der Waals surface area contributed by atoms with Gasteiger partial charge in [0.25, 0.3) is 0 Å². The molecule has 2 unspecified atom stereocenters. The maximum atomic E-state index is 5.72. The van der Waals surface area contributed by atoms with Crippen LogP contribution < -0.4 is 10.2 Å². The van der Waals surface area contributed by atoms with Gasteiger partial charge in [-0.1, -0.05) is 19.1 Å². The van der Waals surface area contributed by atoms with Gasteiger partial charge in [-0.2, -0.15) is 0 Å². The lowest BCUT2D eigenvalue weighted by atomic mass is 9.98. The lowest BCUT2D eigenvalue weighted by Crippen LogP contribution is -2.21. The molecule has 0 bridgehead atoms. The Morgan fingerprint density at radius 1 is 1.38 bits per heavy atom. The van der Waals surface area contributed by atoms with Gasteiger partial charge in [-0.25, -0.2) is 0 Å². The minimum Gasteiger partial charge on any atom is -0.378 e. The number of hydrogen-bond donors (Lipinski definition) is 1. The predicted octanol–water partition coefficient (Wildman–Crippen LogP) is 3.75. The standard InChI is InChI=1S/C18H30N2O/c1-4-19-18(12-6-10-17-11-7-13-21-17)15-8-5-9-16(14-15)20(2)3/h5,8-9,14,17-19H,4,6-7,10-13H2,1-3H3. The molecule has 1 fully saturated rings. The van der Waals surface area contributed by atoms with Gasteiger partial charge in [-0.3, -0.25) is 0 Å². The van der Waals surface area contributed by atoms with Crippen LogP contribution in [0.15, 0.2) is 24.3 Å². The first-order chi connectivity index (χ1) is 10.2. The van der Waals surface area contributed by atoms with Gasteiger partial charge >= 0.3 is 0 Å². The number of hydrogen-bond acceptors (Lipinski definition) is 3. The normalized spacial score (nSPS) is 19.7. The van der Waals surface area contributed by atoms with E-state index in [9.17, 15) is 0 Å². The van der Waals surface area contributed by atoms with Crippen molar-refractivity contribution in [1.29, 1.82) is 0 Å². The van der Waals surface area contributed by atoms with Crippen LogP contribution in [0.5, 0.6) is 0 Å². The number of rotatable bonds is 8. The summed E-state index contributed by atoms with van der Waals surface area (Å²) >= 11 is 0. The van der Waals surface area contributed by atoms with E-state index >= 15 is 0 Å². The molecule has 0 amide bonds. The van der Waals surface area contributed by atoms with Gasteiger partial charge in [0, 0.05) is 32.4 Å². The van der Waals surface area contributed by atoms with Crippen molar-refractivity contribution in [2.75, 3.05) is 32.1 Å². The van der Waals surface area contributed by atoms with Crippen molar-refractivity contribution in [2.45, 2.75) is 51.2 Å². The summed E-state index contributed by atoms with van der Waals surface area (Å²) in [5.41, 5.74) is 2.67. The molecule has 2 atom stereocenters. The van der Waals surface area contributed by atoms with Gasteiger partial charge in [-0.05, 0) is 56.3 Å². The number of nitrogens with one attached hydrogen (secondary N) is 1. The Hall–Kier alpha value is -1.06. The van der Waals surface area contributed by atoms with Crippen LogP contribution in [0, 0.1) is 0 Å². The van der Waals surface area contributed by atoms with Gasteiger partial charge in [0.05, 0.1) is 6.10 Å². The van der Waals surface area contributed by atoms with Crippen LogP contribution in [0.2, 0.25) is 0 Å². The molecule has 1 aliphatic rings. The number of nitrogens with zero attached hydrogens (tertiary/aromatic N) is 1. The van der Waals surface area contributed by atoms with E-state index < -0.39 is 0 Å². The van der Waals surface area contributed by atoms with E-state index in [0.717, 1.165) is 13.2 Å². The molecule has 3 heteroatoms. The molecule has 0 radical (unpaired) electrons. The molecule has 0 aliphatic carbocycles. The third-order valence-corrected chi connectivity index (χ3v) is 4.28. The van der Waals surface area contributed by atoms with Crippen LogP contribution in [-0.2, 0) is 4.74 Å². The maximum Gasteiger partial charge on any atom is 0.0576 e. The first-order valence-electron chi connectivity index (χ1n) is 8.33. The molecule has 21 heavy (non-hydrogen) atoms. The second-order valence-electron chi connectivity index (χ2n) is 6.17. The molecule has 0 spiro atoms. The van der Waals surface area contributed by atoms with Gasteiger partial charge in [0.1, 0.15) is 0 Å². The summed E-state index contributed by atoms with van der Waals surface area (Å²) in [6.07, 6.45) is 6.63. The minimum atomic E-state index is 0.455. The summed E-state index contributed by atoms with van der Waals surface area (Å²) in [6.45, 7) is 4.16. The van der Waals surface area contributed by atoms with Gasteiger partial charge < -0.3 is 15.0 Å². The van der Waals surface area contributed by atoms with Crippen molar-refractivity contribution in [2.24, 2.45) is 0 Å². The highest BCUT2D eigenvalue weighted by molar-refractivity contribution is 5.47. The summed E-state index contributed by atoms with van der Waals surface area (Å²) in [5, 5.41) is 3.63. The second-order valence-corrected chi connectivity index (χ2v) is 6.17. The highest BCUT2D eigenvalue weighted by Gasteiger charge is 2.17. The lowest BCUT2D eigenvalue weighted by molar-refractivity contribution is 0.101. The van der Waals surface area contributed by atoms with Gasteiger partial charge in [-0.15, -0.1) is 0 Å². The monoisotopic (exact) mass is 290 g/mol. The Balaban J connectivity index is 1.92. The molecule has 0 saturated carbocycles. The molecular weight excluding hydrogens is 260 g/mol. The minimum absolute atomic E-state index is 0.455. The summed E-state index contributed by atoms with van der Waals surface area (Å²) in [4.78, 5) is 2.17. The van der Waals surface area contributed by atoms with Crippen LogP contribution in [0.1, 0.15) is 50.6 Å². The molecule has 3 nitrogen and oxygen atoms in total. The molecular formula is C18H30N2O. The summed E-state index contributed by atoms with van der Waals surface area (Å²) < 4.78 is 5.72. The molecule has 1 aliphatic heterocycles. The zero-order chi connectivity index (χ0) is 15.1. The Morgan fingerprint density at radius 3 is 2.90 bits per heavy atom. The molecule has 1 aromatic carbocycles. The van der Waals surface area contributed by atoms with E-state index in [2.05, 4.69) is 55.5 Å². The number of benzene rings is 1. The van der Waals surface area contributed by atoms with Crippen LogP contribution in [-0.4, -0.2) is 33.4 Å². The van der Waals surface area contributed by atoms with Crippen molar-refractivity contribution in [3.63, 3.8) is 0 Å². The van der Waals surface area contributed by atoms with Crippen LogP contribution in [0.25, 0.3) is 0 Å². The Morgan fingerprint density at radius 2 is 2.24 bits per heavy atom. The molecule has 1 heterocycles. The Bertz CT molecular complexity index is 413. The number of ether oxygens (including phenoxy) is 1. The summed E-state index contributed by atoms with van der Waals surface area (Å²) in [7, 11) is 4.19. The molecule has 1 N–H and O–H groups in total. The highest BCUT2D eigenvalue weighted by Crippen LogP contribution is 2.25. The first kappa shape index (κ1) is 16.3. The van der Waals surface area contributed by atoms with Crippen molar-refractivity contribution >= 4 is 5.69 Å². The molecule has 118 valence electrons. The largest absolute Gasteiger partial charge is 0.378 e. The molecule has 1 aromatic rings. The van der Waals surface area contributed by atoms with E-state index in [0.29, 0.717) is 12.1 Å². The number of anilines is 1. The zero-order valence-electron chi connectivity index (χ0n) is 13.8. The fraction of sp³-hybridized carbons (Fsp3) is 0.667. The Kier molecular flexibility index (Phi) is 6.52. The fourth-order valence-electron chi connectivity index (χ4n) is 3.07. The first-order valence-corrected chi connectivity index (χ1v) is 8.33. The van der Waals surface area contributed by atoms with Crippen LogP contribution in [0.4, 0.5) is 5.69 Å². The van der Waals surface area contributed by atoms with E-state index in [1.54, 1.807) is 0 Å². The maximum absolute atomic E-state index is 5.72. The van der Waals surface area contributed by atoms with Gasteiger partial charge in [0.15, 0.2) is 0 Å². The van der Waals surface area contributed by atoms with Crippen LogP contribution >= 0.6 is 0 Å². The Labute approximate surface area is 129 Å². The van der Waals surface area contributed by atoms with Crippen molar-refractivity contribution in [3.8, 4) is 0 Å². The van der Waals surface area contributed by atoms with E-state index in [-0.39, 0.29) is 0 Å². The average molecular weight is 290 g/mol. The van der Waals surface area contributed by atoms with E-state index in [1.807, 2.05) is 0 Å². The third kappa shape index (κ3) is 5.01. The quantitative estimate of drug-likeness (QED) is 0.789. The molecule has 0 aromatic heterocycles. The van der Waals surface area contributed by atoms with Crippen molar-refractivity contribution < 1.29 is 4.74 Å². The SMILES string of the molecule is CCNC(CCCC1CCCO1)c1cccc(N(C)C)c1. The molecule has 2 rings (SSSR count). The van der Waals surface area contributed by atoms with E-state index in [4.69, 9.17) is 4.74 Å². The van der Waals surface area contributed by atoms with Crippen molar-refractivity contribution in [1.82, 2.24) is 5.32 Å². The van der Waals surface area contributed by atoms with E-state index in [1.165, 1.54) is 43.4 Å². The molecule has 1 saturated heterocycles. The summed E-state index contributed by atoms with van der Waals surface area (Å²) in [6, 6.07) is 9.33. The average Bonchev–Trinajstić information content (AvgIpc) is 3.00. The van der Waals surface area contributed by atoms with Crippen molar-refractivity contribution in [3.05, 3.63) is 29.8 Å². The zero-order valence-corrected chi connectivity index (χ0v) is 13.8.